The second-order valence-corrected chi connectivity index (χ2v) is 5.14. The molecule has 0 N–H and O–H groups in total. The van der Waals surface area contributed by atoms with E-state index in [1.807, 2.05) is 12.3 Å². The van der Waals surface area contributed by atoms with Crippen molar-refractivity contribution in [2.24, 2.45) is 0 Å². The number of rotatable bonds is 4. The number of nitrogens with zero attached hydrogens (tertiary/aromatic N) is 3. The lowest BCUT2D eigenvalue weighted by atomic mass is 10.2. The van der Waals surface area contributed by atoms with E-state index in [2.05, 4.69) is 34.9 Å². The van der Waals surface area contributed by atoms with Gasteiger partial charge in [-0.05, 0) is 33.0 Å². The lowest BCUT2D eigenvalue weighted by molar-refractivity contribution is 0.371. The minimum absolute atomic E-state index is 0.536. The Bertz CT molecular complexity index is 367. The molecule has 0 saturated carbocycles. The highest BCUT2D eigenvalue weighted by Crippen LogP contribution is 2.27. The van der Waals surface area contributed by atoms with Gasteiger partial charge in [0.25, 0.3) is 0 Å². The fourth-order valence-corrected chi connectivity index (χ4v) is 2.73. The van der Waals surface area contributed by atoms with Crippen LogP contribution in [0.5, 0.6) is 0 Å². The molecule has 1 aromatic heterocycles. The molecular weight excluding hydrogens is 234 g/mol. The number of likely N-dealkylation sites (N-methyl/N-ethyl adjacent to an activating group) is 1. The van der Waals surface area contributed by atoms with Crippen molar-refractivity contribution in [3.8, 4) is 0 Å². The van der Waals surface area contributed by atoms with Crippen LogP contribution in [0.2, 0.25) is 0 Å². The van der Waals surface area contributed by atoms with Crippen LogP contribution in [-0.2, 0) is 5.88 Å². The van der Waals surface area contributed by atoms with Crippen LogP contribution in [0.25, 0.3) is 0 Å². The van der Waals surface area contributed by atoms with Gasteiger partial charge in [0.1, 0.15) is 5.82 Å². The van der Waals surface area contributed by atoms with Gasteiger partial charge in [-0.3, -0.25) is 0 Å². The first-order valence-corrected chi connectivity index (χ1v) is 6.67. The van der Waals surface area contributed by atoms with E-state index in [1.54, 1.807) is 0 Å². The Balaban J connectivity index is 2.19. The average Bonchev–Trinajstić information content (AvgIpc) is 2.76. The SMILES string of the molecule is CN(C)CC1CCCN1c1ncccc1CCl. The molecule has 1 aliphatic heterocycles. The molecule has 0 radical (unpaired) electrons. The summed E-state index contributed by atoms with van der Waals surface area (Å²) >= 11 is 5.99. The summed E-state index contributed by atoms with van der Waals surface area (Å²) in [4.78, 5) is 9.17. The number of aromatic nitrogens is 1. The van der Waals surface area contributed by atoms with E-state index in [-0.39, 0.29) is 0 Å². The van der Waals surface area contributed by atoms with Crippen molar-refractivity contribution in [2.75, 3.05) is 32.1 Å². The summed E-state index contributed by atoms with van der Waals surface area (Å²) in [5, 5.41) is 0. The van der Waals surface area contributed by atoms with Gasteiger partial charge in [-0.2, -0.15) is 0 Å². The van der Waals surface area contributed by atoms with Crippen molar-refractivity contribution in [1.82, 2.24) is 9.88 Å². The van der Waals surface area contributed by atoms with Crippen molar-refractivity contribution in [2.45, 2.75) is 24.8 Å². The van der Waals surface area contributed by atoms with Crippen LogP contribution >= 0.6 is 11.6 Å². The lowest BCUT2D eigenvalue weighted by Gasteiger charge is -2.29. The second kappa shape index (κ2) is 5.69. The second-order valence-electron chi connectivity index (χ2n) is 4.87. The molecule has 94 valence electrons. The van der Waals surface area contributed by atoms with Crippen LogP contribution < -0.4 is 4.90 Å². The Morgan fingerprint density at radius 1 is 1.53 bits per heavy atom. The summed E-state index contributed by atoms with van der Waals surface area (Å²) in [5.74, 6) is 1.61. The van der Waals surface area contributed by atoms with Gasteiger partial charge in [0.05, 0.1) is 5.88 Å². The summed E-state index contributed by atoms with van der Waals surface area (Å²) in [7, 11) is 4.24. The molecule has 0 spiro atoms. The first-order chi connectivity index (χ1) is 8.22. The van der Waals surface area contributed by atoms with Gasteiger partial charge in [-0.15, -0.1) is 11.6 Å². The van der Waals surface area contributed by atoms with Crippen molar-refractivity contribution >= 4 is 17.4 Å². The Morgan fingerprint density at radius 2 is 2.35 bits per heavy atom. The van der Waals surface area contributed by atoms with Crippen LogP contribution in [0.1, 0.15) is 18.4 Å². The molecular formula is C13H20ClN3. The van der Waals surface area contributed by atoms with Crippen molar-refractivity contribution in [3.05, 3.63) is 23.9 Å². The van der Waals surface area contributed by atoms with Gasteiger partial charge in [0.15, 0.2) is 0 Å². The molecule has 2 heterocycles. The van der Waals surface area contributed by atoms with Gasteiger partial charge < -0.3 is 9.80 Å². The molecule has 1 unspecified atom stereocenters. The first kappa shape index (κ1) is 12.7. The molecule has 3 nitrogen and oxygen atoms in total. The quantitative estimate of drug-likeness (QED) is 0.768. The molecule has 1 fully saturated rings. The number of hydrogen-bond donors (Lipinski definition) is 0. The molecule has 1 saturated heterocycles. The molecule has 1 aromatic rings. The van der Waals surface area contributed by atoms with E-state index in [0.717, 1.165) is 24.5 Å². The number of alkyl halides is 1. The summed E-state index contributed by atoms with van der Waals surface area (Å²) in [6.45, 7) is 2.18. The third kappa shape index (κ3) is 2.90. The van der Waals surface area contributed by atoms with Gasteiger partial charge >= 0.3 is 0 Å². The summed E-state index contributed by atoms with van der Waals surface area (Å²) in [6.07, 6.45) is 4.35. The molecule has 4 heteroatoms. The van der Waals surface area contributed by atoms with Crippen molar-refractivity contribution < 1.29 is 0 Å². The van der Waals surface area contributed by atoms with Gasteiger partial charge in [-0.25, -0.2) is 4.98 Å². The predicted molar refractivity (Wildman–Crippen MR) is 72.7 cm³/mol. The predicted octanol–water partition coefficient (Wildman–Crippen LogP) is 2.35. The summed E-state index contributed by atoms with van der Waals surface area (Å²) < 4.78 is 0. The monoisotopic (exact) mass is 253 g/mol. The van der Waals surface area contributed by atoms with Crippen LogP contribution in [-0.4, -0.2) is 43.1 Å². The highest BCUT2D eigenvalue weighted by Gasteiger charge is 2.27. The Hall–Kier alpha value is -0.800. The minimum atomic E-state index is 0.536. The van der Waals surface area contributed by atoms with Crippen molar-refractivity contribution in [3.63, 3.8) is 0 Å². The fourth-order valence-electron chi connectivity index (χ4n) is 2.52. The van der Waals surface area contributed by atoms with E-state index in [4.69, 9.17) is 11.6 Å². The van der Waals surface area contributed by atoms with E-state index in [0.29, 0.717) is 11.9 Å². The average molecular weight is 254 g/mol. The first-order valence-electron chi connectivity index (χ1n) is 6.13. The van der Waals surface area contributed by atoms with E-state index in [1.165, 1.54) is 12.8 Å². The topological polar surface area (TPSA) is 19.4 Å². The fraction of sp³-hybridized carbons (Fsp3) is 0.615. The standard InChI is InChI=1S/C13H20ClN3/c1-16(2)10-12-6-4-8-17(12)13-11(9-14)5-3-7-15-13/h3,5,7,12H,4,6,8-10H2,1-2H3. The minimum Gasteiger partial charge on any atom is -0.352 e. The third-order valence-corrected chi connectivity index (χ3v) is 3.52. The zero-order valence-corrected chi connectivity index (χ0v) is 11.3. The molecule has 1 aliphatic rings. The van der Waals surface area contributed by atoms with Crippen LogP contribution in [0.15, 0.2) is 18.3 Å². The zero-order valence-electron chi connectivity index (χ0n) is 10.6. The molecule has 0 amide bonds. The van der Waals surface area contributed by atoms with Gasteiger partial charge in [-0.1, -0.05) is 6.07 Å². The number of anilines is 1. The summed E-state index contributed by atoms with van der Waals surface area (Å²) in [5.41, 5.74) is 1.14. The zero-order chi connectivity index (χ0) is 12.3. The smallest absolute Gasteiger partial charge is 0.133 e. The summed E-state index contributed by atoms with van der Waals surface area (Å²) in [6, 6.07) is 4.60. The number of hydrogen-bond acceptors (Lipinski definition) is 3. The van der Waals surface area contributed by atoms with E-state index >= 15 is 0 Å². The normalized spacial score (nSPS) is 20.2. The molecule has 17 heavy (non-hydrogen) atoms. The maximum atomic E-state index is 5.99. The number of halogens is 1. The Labute approximate surface area is 108 Å². The van der Waals surface area contributed by atoms with Crippen LogP contribution in [0, 0.1) is 0 Å². The Kier molecular flexibility index (Phi) is 4.24. The maximum absolute atomic E-state index is 5.99. The molecule has 0 aromatic carbocycles. The highest BCUT2D eigenvalue weighted by molar-refractivity contribution is 6.17. The van der Waals surface area contributed by atoms with Crippen LogP contribution in [0.4, 0.5) is 5.82 Å². The third-order valence-electron chi connectivity index (χ3n) is 3.24. The molecule has 0 aliphatic carbocycles. The lowest BCUT2D eigenvalue weighted by Crippen LogP contribution is -2.38. The molecule has 0 bridgehead atoms. The molecule has 2 rings (SSSR count). The largest absolute Gasteiger partial charge is 0.352 e. The van der Waals surface area contributed by atoms with E-state index < -0.39 is 0 Å². The van der Waals surface area contributed by atoms with Gasteiger partial charge in [0, 0.05) is 30.9 Å². The van der Waals surface area contributed by atoms with Gasteiger partial charge in [0.2, 0.25) is 0 Å². The van der Waals surface area contributed by atoms with E-state index in [9.17, 15) is 0 Å². The van der Waals surface area contributed by atoms with Crippen LogP contribution in [0.3, 0.4) is 0 Å². The highest BCUT2D eigenvalue weighted by atomic mass is 35.5. The van der Waals surface area contributed by atoms with Crippen molar-refractivity contribution in [1.29, 1.82) is 0 Å². The number of pyridine rings is 1. The molecule has 1 atom stereocenters. The maximum Gasteiger partial charge on any atom is 0.133 e. The Morgan fingerprint density at radius 3 is 3.06 bits per heavy atom.